The summed E-state index contributed by atoms with van der Waals surface area (Å²) in [5.41, 5.74) is 1.25. The maximum absolute atomic E-state index is 11.8. The Balaban J connectivity index is 1.86. The fourth-order valence-electron chi connectivity index (χ4n) is 1.69. The predicted octanol–water partition coefficient (Wildman–Crippen LogP) is 2.55. The van der Waals surface area contributed by atoms with E-state index in [1.807, 2.05) is 30.5 Å². The standard InChI is InChI=1S/C14H10N2O2/c17-14(11-6-2-1-3-7-11)18-13-10-16-9-5-4-8-12(16)15-13/h1-10H. The van der Waals surface area contributed by atoms with Crippen molar-refractivity contribution in [3.63, 3.8) is 0 Å². The van der Waals surface area contributed by atoms with Crippen molar-refractivity contribution in [1.82, 2.24) is 9.38 Å². The molecule has 0 amide bonds. The molecule has 0 atom stereocenters. The van der Waals surface area contributed by atoms with Gasteiger partial charge in [0.05, 0.1) is 11.8 Å². The lowest BCUT2D eigenvalue weighted by Crippen LogP contribution is -2.08. The van der Waals surface area contributed by atoms with E-state index in [1.165, 1.54) is 0 Å². The second-order valence-corrected chi connectivity index (χ2v) is 3.80. The molecule has 0 aliphatic heterocycles. The Kier molecular flexibility index (Phi) is 2.53. The summed E-state index contributed by atoms with van der Waals surface area (Å²) >= 11 is 0. The van der Waals surface area contributed by atoms with E-state index >= 15 is 0 Å². The van der Waals surface area contributed by atoms with Gasteiger partial charge in [0.15, 0.2) is 0 Å². The molecule has 0 unspecified atom stereocenters. The van der Waals surface area contributed by atoms with Gasteiger partial charge in [-0.15, -0.1) is 0 Å². The molecular formula is C14H10N2O2. The minimum Gasteiger partial charge on any atom is -0.402 e. The summed E-state index contributed by atoms with van der Waals surface area (Å²) in [6, 6.07) is 14.5. The van der Waals surface area contributed by atoms with E-state index in [0.29, 0.717) is 11.4 Å². The summed E-state index contributed by atoms with van der Waals surface area (Å²) < 4.78 is 7.01. The molecule has 3 rings (SSSR count). The third kappa shape index (κ3) is 1.96. The molecule has 0 fully saturated rings. The van der Waals surface area contributed by atoms with E-state index in [0.717, 1.165) is 5.65 Å². The first-order valence-electron chi connectivity index (χ1n) is 5.54. The number of carbonyl (C=O) groups excluding carboxylic acids is 1. The molecule has 0 N–H and O–H groups in total. The number of rotatable bonds is 2. The summed E-state index contributed by atoms with van der Waals surface area (Å²) in [6.07, 6.45) is 3.53. The average molecular weight is 238 g/mol. The molecule has 0 spiro atoms. The van der Waals surface area contributed by atoms with Crippen LogP contribution in [0.15, 0.2) is 60.9 Å². The zero-order valence-electron chi connectivity index (χ0n) is 9.48. The van der Waals surface area contributed by atoms with E-state index in [9.17, 15) is 4.79 Å². The van der Waals surface area contributed by atoms with Gasteiger partial charge in [0.1, 0.15) is 5.65 Å². The van der Waals surface area contributed by atoms with Gasteiger partial charge in [-0.3, -0.25) is 0 Å². The van der Waals surface area contributed by atoms with Crippen molar-refractivity contribution in [1.29, 1.82) is 0 Å². The quantitative estimate of drug-likeness (QED) is 0.644. The lowest BCUT2D eigenvalue weighted by atomic mass is 10.2. The second-order valence-electron chi connectivity index (χ2n) is 3.80. The summed E-state index contributed by atoms with van der Waals surface area (Å²) in [5.74, 6) is -0.103. The monoisotopic (exact) mass is 238 g/mol. The fourth-order valence-corrected chi connectivity index (χ4v) is 1.69. The number of ether oxygens (including phenoxy) is 1. The van der Waals surface area contributed by atoms with Crippen molar-refractivity contribution in [2.24, 2.45) is 0 Å². The van der Waals surface area contributed by atoms with Crippen molar-refractivity contribution in [3.8, 4) is 5.88 Å². The fraction of sp³-hybridized carbons (Fsp3) is 0. The smallest absolute Gasteiger partial charge is 0.344 e. The van der Waals surface area contributed by atoms with Crippen LogP contribution in [-0.2, 0) is 0 Å². The number of benzene rings is 1. The minimum absolute atomic E-state index is 0.301. The van der Waals surface area contributed by atoms with Gasteiger partial charge < -0.3 is 9.14 Å². The number of esters is 1. The highest BCUT2D eigenvalue weighted by atomic mass is 16.5. The van der Waals surface area contributed by atoms with E-state index in [1.54, 1.807) is 34.9 Å². The van der Waals surface area contributed by atoms with Crippen LogP contribution in [0, 0.1) is 0 Å². The molecule has 3 aromatic rings. The zero-order valence-corrected chi connectivity index (χ0v) is 9.48. The van der Waals surface area contributed by atoms with Crippen LogP contribution < -0.4 is 4.74 Å². The first-order valence-corrected chi connectivity index (χ1v) is 5.54. The second kappa shape index (κ2) is 4.33. The third-order valence-electron chi connectivity index (χ3n) is 2.55. The van der Waals surface area contributed by atoms with Gasteiger partial charge >= 0.3 is 5.97 Å². The molecule has 88 valence electrons. The molecule has 0 bridgehead atoms. The Hall–Kier alpha value is -2.62. The van der Waals surface area contributed by atoms with Gasteiger partial charge in [-0.05, 0) is 24.3 Å². The molecule has 0 aliphatic carbocycles. The van der Waals surface area contributed by atoms with Crippen LogP contribution in [0.5, 0.6) is 5.88 Å². The Morgan fingerprint density at radius 2 is 1.83 bits per heavy atom. The van der Waals surface area contributed by atoms with Crippen molar-refractivity contribution in [3.05, 3.63) is 66.5 Å². The number of hydrogen-bond donors (Lipinski definition) is 0. The number of hydrogen-bond acceptors (Lipinski definition) is 3. The molecule has 2 aromatic heterocycles. The summed E-state index contributed by atoms with van der Waals surface area (Å²) in [4.78, 5) is 16.0. The Morgan fingerprint density at radius 1 is 1.06 bits per heavy atom. The van der Waals surface area contributed by atoms with Crippen LogP contribution in [0.4, 0.5) is 0 Å². The maximum atomic E-state index is 11.8. The van der Waals surface area contributed by atoms with Crippen LogP contribution in [0.1, 0.15) is 10.4 Å². The van der Waals surface area contributed by atoms with E-state index < -0.39 is 5.97 Å². The highest BCUT2D eigenvalue weighted by molar-refractivity contribution is 5.90. The van der Waals surface area contributed by atoms with Gasteiger partial charge in [0.25, 0.3) is 0 Å². The number of nitrogens with zero attached hydrogens (tertiary/aromatic N) is 2. The van der Waals surface area contributed by atoms with Gasteiger partial charge in [0, 0.05) is 6.20 Å². The van der Waals surface area contributed by atoms with Crippen molar-refractivity contribution >= 4 is 11.6 Å². The van der Waals surface area contributed by atoms with E-state index in [-0.39, 0.29) is 0 Å². The van der Waals surface area contributed by atoms with Gasteiger partial charge in [-0.1, -0.05) is 24.3 Å². The highest BCUT2D eigenvalue weighted by Crippen LogP contribution is 2.13. The lowest BCUT2D eigenvalue weighted by Gasteiger charge is -1.99. The van der Waals surface area contributed by atoms with Gasteiger partial charge in [-0.2, -0.15) is 4.98 Å². The number of aromatic nitrogens is 2. The average Bonchev–Trinajstić information content (AvgIpc) is 2.82. The first kappa shape index (κ1) is 10.5. The van der Waals surface area contributed by atoms with Gasteiger partial charge in [-0.25, -0.2) is 4.79 Å². The van der Waals surface area contributed by atoms with Crippen LogP contribution >= 0.6 is 0 Å². The number of fused-ring (bicyclic) bond motifs is 1. The molecule has 0 saturated heterocycles. The normalized spacial score (nSPS) is 10.4. The first-order chi connectivity index (χ1) is 8.83. The van der Waals surface area contributed by atoms with Crippen molar-refractivity contribution in [2.75, 3.05) is 0 Å². The SMILES string of the molecule is O=C(Oc1cn2ccccc2n1)c1ccccc1. The molecule has 0 aliphatic rings. The largest absolute Gasteiger partial charge is 0.402 e. The Bertz CT molecular complexity index is 656. The third-order valence-corrected chi connectivity index (χ3v) is 2.55. The molecule has 0 saturated carbocycles. The molecule has 4 nitrogen and oxygen atoms in total. The Labute approximate surface area is 103 Å². The minimum atomic E-state index is -0.404. The number of pyridine rings is 1. The highest BCUT2D eigenvalue weighted by Gasteiger charge is 2.10. The number of carbonyl (C=O) groups is 1. The van der Waals surface area contributed by atoms with E-state index in [4.69, 9.17) is 4.74 Å². The molecule has 1 aromatic carbocycles. The number of imidazole rings is 1. The molecular weight excluding hydrogens is 228 g/mol. The summed E-state index contributed by atoms with van der Waals surface area (Å²) in [7, 11) is 0. The van der Waals surface area contributed by atoms with Crippen molar-refractivity contribution < 1.29 is 9.53 Å². The maximum Gasteiger partial charge on any atom is 0.344 e. The zero-order chi connectivity index (χ0) is 12.4. The molecule has 0 radical (unpaired) electrons. The summed E-state index contributed by atoms with van der Waals surface area (Å²) in [5, 5.41) is 0. The molecule has 2 heterocycles. The van der Waals surface area contributed by atoms with Crippen LogP contribution in [0.3, 0.4) is 0 Å². The van der Waals surface area contributed by atoms with E-state index in [2.05, 4.69) is 4.98 Å². The van der Waals surface area contributed by atoms with Crippen LogP contribution in [0.25, 0.3) is 5.65 Å². The van der Waals surface area contributed by atoms with Crippen LogP contribution in [-0.4, -0.2) is 15.4 Å². The van der Waals surface area contributed by atoms with Crippen molar-refractivity contribution in [2.45, 2.75) is 0 Å². The Morgan fingerprint density at radius 3 is 2.61 bits per heavy atom. The predicted molar refractivity (Wildman–Crippen MR) is 66.6 cm³/mol. The molecule has 18 heavy (non-hydrogen) atoms. The lowest BCUT2D eigenvalue weighted by molar-refractivity contribution is 0.0728. The summed E-state index contributed by atoms with van der Waals surface area (Å²) in [6.45, 7) is 0. The van der Waals surface area contributed by atoms with Gasteiger partial charge in [0.2, 0.25) is 5.88 Å². The topological polar surface area (TPSA) is 43.6 Å². The van der Waals surface area contributed by atoms with Crippen LogP contribution in [0.2, 0.25) is 0 Å². The molecule has 4 heteroatoms.